The molecule has 2 heterocycles. The minimum absolute atomic E-state index is 0.500. The Morgan fingerprint density at radius 1 is 1.26 bits per heavy atom. The van der Waals surface area contributed by atoms with Crippen LogP contribution in [-0.2, 0) is 17.9 Å². The van der Waals surface area contributed by atoms with Crippen molar-refractivity contribution in [1.82, 2.24) is 15.2 Å². The van der Waals surface area contributed by atoms with Crippen LogP contribution in [0.25, 0.3) is 0 Å². The van der Waals surface area contributed by atoms with E-state index < -0.39 is 0 Å². The van der Waals surface area contributed by atoms with Gasteiger partial charge in [-0.2, -0.15) is 0 Å². The lowest BCUT2D eigenvalue weighted by atomic mass is 10.0. The van der Waals surface area contributed by atoms with Gasteiger partial charge >= 0.3 is 0 Å². The van der Waals surface area contributed by atoms with Gasteiger partial charge in [0.25, 0.3) is 0 Å². The minimum atomic E-state index is 0.500. The highest BCUT2D eigenvalue weighted by Crippen LogP contribution is 2.24. The van der Waals surface area contributed by atoms with Crippen molar-refractivity contribution in [3.05, 3.63) is 58.9 Å². The maximum absolute atomic E-state index is 6.21. The van der Waals surface area contributed by atoms with E-state index >= 15 is 0 Å². The zero-order valence-corrected chi connectivity index (χ0v) is 16.6. The van der Waals surface area contributed by atoms with Gasteiger partial charge < -0.3 is 19.7 Å². The molecule has 0 unspecified atom stereocenters. The summed E-state index contributed by atoms with van der Waals surface area (Å²) in [5.41, 5.74) is 2.14. The van der Waals surface area contributed by atoms with Gasteiger partial charge in [0, 0.05) is 54.8 Å². The molecule has 0 atom stereocenters. The van der Waals surface area contributed by atoms with Crippen molar-refractivity contribution in [3.63, 3.8) is 0 Å². The third-order valence-corrected chi connectivity index (χ3v) is 5.16. The van der Waals surface area contributed by atoms with Crippen molar-refractivity contribution in [2.45, 2.75) is 32.0 Å². The number of nitrogens with one attached hydrogen (secondary N) is 1. The Morgan fingerprint density at radius 3 is 2.85 bits per heavy atom. The van der Waals surface area contributed by atoms with Crippen molar-refractivity contribution in [2.24, 2.45) is 0 Å². The molecule has 146 valence electrons. The maximum Gasteiger partial charge on any atom is 0.124 e. The van der Waals surface area contributed by atoms with E-state index in [1.54, 1.807) is 13.3 Å². The van der Waals surface area contributed by atoms with Crippen LogP contribution in [0, 0.1) is 0 Å². The van der Waals surface area contributed by atoms with Crippen LogP contribution < -0.4 is 10.1 Å². The second-order valence-electron chi connectivity index (χ2n) is 6.89. The van der Waals surface area contributed by atoms with Crippen molar-refractivity contribution in [3.8, 4) is 5.75 Å². The van der Waals surface area contributed by atoms with Crippen molar-refractivity contribution in [1.29, 1.82) is 0 Å². The molecule has 0 aliphatic carbocycles. The lowest BCUT2D eigenvalue weighted by Gasteiger charge is -2.32. The Kier molecular flexibility index (Phi) is 7.90. The quantitative estimate of drug-likeness (QED) is 0.711. The number of hydrogen-bond acceptors (Lipinski definition) is 5. The van der Waals surface area contributed by atoms with E-state index in [4.69, 9.17) is 21.1 Å². The van der Waals surface area contributed by atoms with E-state index in [-0.39, 0.29) is 0 Å². The largest absolute Gasteiger partial charge is 0.489 e. The molecule has 0 radical (unpaired) electrons. The topological polar surface area (TPSA) is 46.6 Å². The summed E-state index contributed by atoms with van der Waals surface area (Å²) >= 11 is 6.21. The molecule has 3 rings (SSSR count). The number of halogens is 1. The highest BCUT2D eigenvalue weighted by Gasteiger charge is 2.19. The number of pyridine rings is 1. The van der Waals surface area contributed by atoms with Crippen LogP contribution in [0.3, 0.4) is 0 Å². The zero-order chi connectivity index (χ0) is 18.9. The Bertz CT molecular complexity index is 691. The molecule has 27 heavy (non-hydrogen) atoms. The molecule has 1 aromatic heterocycles. The smallest absolute Gasteiger partial charge is 0.124 e. The van der Waals surface area contributed by atoms with Gasteiger partial charge in [-0.1, -0.05) is 17.7 Å². The molecule has 0 spiro atoms. The number of likely N-dealkylation sites (tertiary alicyclic amines) is 1. The molecule has 2 aromatic rings. The third-order valence-electron chi connectivity index (χ3n) is 4.92. The van der Waals surface area contributed by atoms with E-state index in [9.17, 15) is 0 Å². The Balaban J connectivity index is 1.51. The predicted octanol–water partition coefficient (Wildman–Crippen LogP) is 3.51. The normalized spacial score (nSPS) is 15.8. The molecule has 0 saturated carbocycles. The average molecular weight is 390 g/mol. The summed E-state index contributed by atoms with van der Waals surface area (Å²) in [7, 11) is 1.76. The summed E-state index contributed by atoms with van der Waals surface area (Å²) in [5, 5.41) is 4.40. The molecule has 6 heteroatoms. The molecule has 0 amide bonds. The monoisotopic (exact) mass is 389 g/mol. The van der Waals surface area contributed by atoms with Gasteiger partial charge in [-0.25, -0.2) is 0 Å². The Morgan fingerprint density at radius 2 is 2.11 bits per heavy atom. The average Bonchev–Trinajstić information content (AvgIpc) is 2.71. The van der Waals surface area contributed by atoms with E-state index in [2.05, 4.69) is 15.2 Å². The molecule has 1 aromatic carbocycles. The number of nitrogens with zero attached hydrogens (tertiary/aromatic N) is 2. The number of rotatable bonds is 9. The number of methoxy groups -OCH3 is 1. The van der Waals surface area contributed by atoms with Gasteiger partial charge in [0.2, 0.25) is 0 Å². The molecule has 1 fully saturated rings. The standard InChI is InChI=1S/C21H28ClN3O2/c1-26-12-11-25-9-6-20(7-10-25)24-15-18-13-19(22)4-5-21(18)27-16-17-3-2-8-23-14-17/h2-5,8,13-14,20,24H,6-7,9-12,15-16H2,1H3. The van der Waals surface area contributed by atoms with Gasteiger partial charge in [-0.3, -0.25) is 4.98 Å². The number of aromatic nitrogens is 1. The number of hydrogen-bond donors (Lipinski definition) is 1. The van der Waals surface area contributed by atoms with Crippen molar-refractivity contribution >= 4 is 11.6 Å². The molecule has 1 aliphatic rings. The first-order valence-corrected chi connectivity index (χ1v) is 9.87. The van der Waals surface area contributed by atoms with E-state index in [1.165, 1.54) is 0 Å². The van der Waals surface area contributed by atoms with Crippen LogP contribution >= 0.6 is 11.6 Å². The predicted molar refractivity (Wildman–Crippen MR) is 108 cm³/mol. The Hall–Kier alpha value is -1.66. The van der Waals surface area contributed by atoms with Crippen LogP contribution in [0.5, 0.6) is 5.75 Å². The summed E-state index contributed by atoms with van der Waals surface area (Å²) in [6.45, 7) is 5.30. The molecule has 5 nitrogen and oxygen atoms in total. The van der Waals surface area contributed by atoms with Gasteiger partial charge in [-0.05, 0) is 50.2 Å². The second-order valence-corrected chi connectivity index (χ2v) is 7.33. The number of piperidine rings is 1. The van der Waals surface area contributed by atoms with Gasteiger partial charge in [0.1, 0.15) is 12.4 Å². The molecular weight excluding hydrogens is 362 g/mol. The summed E-state index contributed by atoms with van der Waals surface area (Å²) in [4.78, 5) is 6.59. The van der Waals surface area contributed by atoms with Crippen LogP contribution in [-0.4, -0.2) is 49.3 Å². The summed E-state index contributed by atoms with van der Waals surface area (Å²) < 4.78 is 11.2. The molecular formula is C21H28ClN3O2. The van der Waals surface area contributed by atoms with Crippen LogP contribution in [0.15, 0.2) is 42.7 Å². The highest BCUT2D eigenvalue weighted by atomic mass is 35.5. The summed E-state index contributed by atoms with van der Waals surface area (Å²) in [6, 6.07) is 10.3. The fourth-order valence-electron chi connectivity index (χ4n) is 3.31. The first-order chi connectivity index (χ1) is 13.2. The number of ether oxygens (including phenoxy) is 2. The molecule has 1 saturated heterocycles. The first-order valence-electron chi connectivity index (χ1n) is 9.49. The lowest BCUT2D eigenvalue weighted by Crippen LogP contribution is -2.43. The van der Waals surface area contributed by atoms with E-state index in [1.807, 2.05) is 36.5 Å². The van der Waals surface area contributed by atoms with Gasteiger partial charge in [0.15, 0.2) is 0 Å². The molecule has 1 N–H and O–H groups in total. The van der Waals surface area contributed by atoms with Crippen LogP contribution in [0.2, 0.25) is 5.02 Å². The third kappa shape index (κ3) is 6.47. The highest BCUT2D eigenvalue weighted by molar-refractivity contribution is 6.30. The Labute approximate surface area is 166 Å². The zero-order valence-electron chi connectivity index (χ0n) is 15.9. The fraction of sp³-hybridized carbons (Fsp3) is 0.476. The van der Waals surface area contributed by atoms with E-state index in [0.29, 0.717) is 12.6 Å². The summed E-state index contributed by atoms with van der Waals surface area (Å²) in [5.74, 6) is 0.869. The number of benzene rings is 1. The van der Waals surface area contributed by atoms with E-state index in [0.717, 1.165) is 67.5 Å². The van der Waals surface area contributed by atoms with Crippen LogP contribution in [0.1, 0.15) is 24.0 Å². The lowest BCUT2D eigenvalue weighted by molar-refractivity contribution is 0.126. The van der Waals surface area contributed by atoms with Crippen LogP contribution in [0.4, 0.5) is 0 Å². The van der Waals surface area contributed by atoms with Gasteiger partial charge in [0.05, 0.1) is 6.61 Å². The molecule has 0 bridgehead atoms. The fourth-order valence-corrected chi connectivity index (χ4v) is 3.50. The summed E-state index contributed by atoms with van der Waals surface area (Å²) in [6.07, 6.45) is 5.89. The maximum atomic E-state index is 6.21. The SMILES string of the molecule is COCCN1CCC(NCc2cc(Cl)ccc2OCc2cccnc2)CC1. The van der Waals surface area contributed by atoms with Crippen molar-refractivity contribution < 1.29 is 9.47 Å². The molecule has 1 aliphatic heterocycles. The minimum Gasteiger partial charge on any atom is -0.489 e. The van der Waals surface area contributed by atoms with Gasteiger partial charge in [-0.15, -0.1) is 0 Å². The first kappa shape index (κ1) is 20.1. The second kappa shape index (κ2) is 10.6. The van der Waals surface area contributed by atoms with Crippen molar-refractivity contribution in [2.75, 3.05) is 33.4 Å².